The quantitative estimate of drug-likeness (QED) is 0.732. The van der Waals surface area contributed by atoms with Gasteiger partial charge in [0.25, 0.3) is 0 Å². The van der Waals surface area contributed by atoms with E-state index in [2.05, 4.69) is 5.32 Å². The molecule has 104 valence electrons. The van der Waals surface area contributed by atoms with Crippen LogP contribution in [0.4, 0.5) is 5.69 Å². The zero-order valence-electron chi connectivity index (χ0n) is 11.6. The van der Waals surface area contributed by atoms with Crippen LogP contribution in [0.25, 0.3) is 0 Å². The van der Waals surface area contributed by atoms with Gasteiger partial charge in [0.05, 0.1) is 11.1 Å². The number of phenolic OH excluding ortho intramolecular Hbond substituents is 1. The van der Waals surface area contributed by atoms with E-state index in [4.69, 9.17) is 5.73 Å². The van der Waals surface area contributed by atoms with Crippen molar-refractivity contribution in [2.75, 3.05) is 11.9 Å². The van der Waals surface area contributed by atoms with Crippen molar-refractivity contribution in [1.29, 1.82) is 0 Å². The minimum atomic E-state index is -0.454. The van der Waals surface area contributed by atoms with Gasteiger partial charge in [-0.3, -0.25) is 4.79 Å². The Labute approximate surface area is 114 Å². The summed E-state index contributed by atoms with van der Waals surface area (Å²) in [6.07, 6.45) is 3.76. The van der Waals surface area contributed by atoms with E-state index in [0.29, 0.717) is 12.2 Å². The summed E-state index contributed by atoms with van der Waals surface area (Å²) >= 11 is 0. The SMILES string of the molecule is Cc1cc(C)c(O)c(NC(=O)C2(CN)CCCC2)c1. The lowest BCUT2D eigenvalue weighted by Crippen LogP contribution is -2.40. The normalized spacial score (nSPS) is 17.4. The van der Waals surface area contributed by atoms with E-state index in [0.717, 1.165) is 36.8 Å². The third-order valence-corrected chi connectivity index (χ3v) is 4.13. The van der Waals surface area contributed by atoms with E-state index >= 15 is 0 Å². The highest BCUT2D eigenvalue weighted by Gasteiger charge is 2.40. The summed E-state index contributed by atoms with van der Waals surface area (Å²) in [5, 5.41) is 12.9. The Morgan fingerprint density at radius 3 is 2.58 bits per heavy atom. The van der Waals surface area contributed by atoms with Crippen molar-refractivity contribution >= 4 is 11.6 Å². The number of phenols is 1. The highest BCUT2D eigenvalue weighted by atomic mass is 16.3. The lowest BCUT2D eigenvalue weighted by atomic mass is 9.85. The van der Waals surface area contributed by atoms with Gasteiger partial charge >= 0.3 is 0 Å². The van der Waals surface area contributed by atoms with Gasteiger partial charge in [-0.2, -0.15) is 0 Å². The molecule has 0 heterocycles. The fraction of sp³-hybridized carbons (Fsp3) is 0.533. The molecule has 1 saturated carbocycles. The molecule has 0 spiro atoms. The number of aromatic hydroxyl groups is 1. The maximum absolute atomic E-state index is 12.4. The van der Waals surface area contributed by atoms with Crippen LogP contribution in [0.15, 0.2) is 12.1 Å². The van der Waals surface area contributed by atoms with Crippen LogP contribution in [0.5, 0.6) is 5.75 Å². The minimum Gasteiger partial charge on any atom is -0.505 e. The predicted octanol–water partition coefficient (Wildman–Crippen LogP) is 2.47. The van der Waals surface area contributed by atoms with Crippen LogP contribution in [0.3, 0.4) is 0 Å². The Balaban J connectivity index is 2.24. The molecule has 1 amide bonds. The maximum Gasteiger partial charge on any atom is 0.231 e. The van der Waals surface area contributed by atoms with E-state index in [9.17, 15) is 9.90 Å². The summed E-state index contributed by atoms with van der Waals surface area (Å²) in [7, 11) is 0. The number of nitrogens with one attached hydrogen (secondary N) is 1. The smallest absolute Gasteiger partial charge is 0.231 e. The Kier molecular flexibility index (Phi) is 3.80. The van der Waals surface area contributed by atoms with Crippen molar-refractivity contribution in [2.24, 2.45) is 11.1 Å². The fourth-order valence-electron chi connectivity index (χ4n) is 2.89. The molecular formula is C15H22N2O2. The second kappa shape index (κ2) is 5.21. The zero-order valence-corrected chi connectivity index (χ0v) is 11.6. The summed E-state index contributed by atoms with van der Waals surface area (Å²) in [4.78, 5) is 12.4. The molecule has 0 atom stereocenters. The van der Waals surface area contributed by atoms with Crippen LogP contribution in [0.1, 0.15) is 36.8 Å². The Morgan fingerprint density at radius 1 is 1.37 bits per heavy atom. The number of amides is 1. The lowest BCUT2D eigenvalue weighted by Gasteiger charge is -2.26. The molecule has 0 saturated heterocycles. The standard InChI is InChI=1S/C15H22N2O2/c1-10-7-11(2)13(18)12(8-10)17-14(19)15(9-16)5-3-4-6-15/h7-8,18H,3-6,9,16H2,1-2H3,(H,17,19). The van der Waals surface area contributed by atoms with Gasteiger partial charge in [-0.1, -0.05) is 18.9 Å². The number of anilines is 1. The number of rotatable bonds is 3. The van der Waals surface area contributed by atoms with Gasteiger partial charge in [0.1, 0.15) is 5.75 Å². The van der Waals surface area contributed by atoms with E-state index in [1.165, 1.54) is 0 Å². The highest BCUT2D eigenvalue weighted by Crippen LogP contribution is 2.39. The fourth-order valence-corrected chi connectivity index (χ4v) is 2.89. The Bertz CT molecular complexity index is 491. The van der Waals surface area contributed by atoms with Crippen LogP contribution in [-0.4, -0.2) is 17.6 Å². The maximum atomic E-state index is 12.4. The number of aryl methyl sites for hydroxylation is 2. The predicted molar refractivity (Wildman–Crippen MR) is 76.2 cm³/mol. The van der Waals surface area contributed by atoms with Crippen LogP contribution in [0.2, 0.25) is 0 Å². The van der Waals surface area contributed by atoms with Gasteiger partial charge < -0.3 is 16.2 Å². The van der Waals surface area contributed by atoms with E-state index in [1.807, 2.05) is 19.9 Å². The number of benzene rings is 1. The monoisotopic (exact) mass is 262 g/mol. The van der Waals surface area contributed by atoms with E-state index in [-0.39, 0.29) is 11.7 Å². The molecule has 1 aromatic carbocycles. The Hall–Kier alpha value is -1.55. The summed E-state index contributed by atoms with van der Waals surface area (Å²) in [5.74, 6) is 0.0805. The van der Waals surface area contributed by atoms with Gasteiger partial charge in [-0.05, 0) is 43.9 Å². The van der Waals surface area contributed by atoms with Gasteiger partial charge in [0, 0.05) is 6.54 Å². The van der Waals surface area contributed by atoms with Crippen molar-refractivity contribution in [1.82, 2.24) is 0 Å². The molecule has 0 aliphatic heterocycles. The molecule has 0 radical (unpaired) electrons. The molecule has 4 N–H and O–H groups in total. The third kappa shape index (κ3) is 2.59. The molecule has 4 heteroatoms. The van der Waals surface area contributed by atoms with Crippen LogP contribution >= 0.6 is 0 Å². The van der Waals surface area contributed by atoms with Gasteiger partial charge in [-0.25, -0.2) is 0 Å². The molecule has 19 heavy (non-hydrogen) atoms. The molecule has 0 bridgehead atoms. The second-order valence-electron chi connectivity index (χ2n) is 5.62. The largest absolute Gasteiger partial charge is 0.505 e. The number of hydrogen-bond acceptors (Lipinski definition) is 3. The average Bonchev–Trinajstić information content (AvgIpc) is 2.85. The minimum absolute atomic E-state index is 0.0622. The molecule has 1 aliphatic carbocycles. The molecule has 1 fully saturated rings. The molecule has 4 nitrogen and oxygen atoms in total. The summed E-state index contributed by atoms with van der Waals surface area (Å²) < 4.78 is 0. The van der Waals surface area contributed by atoms with Crippen molar-refractivity contribution in [3.63, 3.8) is 0 Å². The molecule has 0 aromatic heterocycles. The van der Waals surface area contributed by atoms with E-state index in [1.54, 1.807) is 6.07 Å². The first kappa shape index (κ1) is 13.9. The van der Waals surface area contributed by atoms with E-state index < -0.39 is 5.41 Å². The van der Waals surface area contributed by atoms with Crippen molar-refractivity contribution in [2.45, 2.75) is 39.5 Å². The number of hydrogen-bond donors (Lipinski definition) is 3. The Morgan fingerprint density at radius 2 is 2.00 bits per heavy atom. The molecule has 1 aliphatic rings. The number of nitrogens with two attached hydrogens (primary N) is 1. The summed E-state index contributed by atoms with van der Waals surface area (Å²) in [6, 6.07) is 3.68. The molecular weight excluding hydrogens is 240 g/mol. The van der Waals surface area contributed by atoms with Crippen molar-refractivity contribution in [3.05, 3.63) is 23.3 Å². The average molecular weight is 262 g/mol. The molecule has 1 aromatic rings. The van der Waals surface area contributed by atoms with Crippen LogP contribution in [0, 0.1) is 19.3 Å². The second-order valence-corrected chi connectivity index (χ2v) is 5.62. The first-order valence-corrected chi connectivity index (χ1v) is 6.80. The number of carbonyl (C=O) groups excluding carboxylic acids is 1. The van der Waals surface area contributed by atoms with Crippen LogP contribution in [-0.2, 0) is 4.79 Å². The van der Waals surface area contributed by atoms with Gasteiger partial charge in [0.15, 0.2) is 0 Å². The number of carbonyl (C=O) groups is 1. The van der Waals surface area contributed by atoms with Crippen LogP contribution < -0.4 is 11.1 Å². The topological polar surface area (TPSA) is 75.3 Å². The molecule has 0 unspecified atom stereocenters. The summed E-state index contributed by atoms with van der Waals surface area (Å²) in [5.41, 5.74) is 7.61. The summed E-state index contributed by atoms with van der Waals surface area (Å²) in [6.45, 7) is 4.13. The molecule has 2 rings (SSSR count). The van der Waals surface area contributed by atoms with Crippen molar-refractivity contribution < 1.29 is 9.90 Å². The first-order valence-electron chi connectivity index (χ1n) is 6.80. The van der Waals surface area contributed by atoms with Gasteiger partial charge in [-0.15, -0.1) is 0 Å². The highest BCUT2D eigenvalue weighted by molar-refractivity contribution is 5.97. The van der Waals surface area contributed by atoms with Gasteiger partial charge in [0.2, 0.25) is 5.91 Å². The lowest BCUT2D eigenvalue weighted by molar-refractivity contribution is -0.124. The van der Waals surface area contributed by atoms with Crippen molar-refractivity contribution in [3.8, 4) is 5.75 Å². The zero-order chi connectivity index (χ0) is 14.0. The first-order chi connectivity index (χ1) is 8.98. The third-order valence-electron chi connectivity index (χ3n) is 4.13.